The van der Waals surface area contributed by atoms with Crippen molar-refractivity contribution in [2.75, 3.05) is 13.1 Å². The number of rotatable bonds is 4. The van der Waals surface area contributed by atoms with Gasteiger partial charge < -0.3 is 4.90 Å². The van der Waals surface area contributed by atoms with E-state index in [1.807, 2.05) is 6.08 Å². The van der Waals surface area contributed by atoms with Crippen molar-refractivity contribution in [3.63, 3.8) is 0 Å². The third-order valence-corrected chi connectivity index (χ3v) is 5.49. The maximum absolute atomic E-state index is 13.1. The number of fused-ring (bicyclic) bond motifs is 1. The van der Waals surface area contributed by atoms with Crippen LogP contribution in [0.25, 0.3) is 5.57 Å². The van der Waals surface area contributed by atoms with Gasteiger partial charge in [-0.25, -0.2) is 4.39 Å². The zero-order valence-corrected chi connectivity index (χ0v) is 15.5. The summed E-state index contributed by atoms with van der Waals surface area (Å²) in [5.74, 6) is -0.423. The van der Waals surface area contributed by atoms with Crippen molar-refractivity contribution in [1.82, 2.24) is 4.90 Å². The SMILES string of the molecule is O=C(/C=C/C1=C(N2CCCCCC2)Cc2ccccc21)c1ccc(F)cc1. The summed E-state index contributed by atoms with van der Waals surface area (Å²) in [6.07, 6.45) is 9.56. The van der Waals surface area contributed by atoms with E-state index in [-0.39, 0.29) is 11.6 Å². The molecule has 1 saturated heterocycles. The molecule has 27 heavy (non-hydrogen) atoms. The number of nitrogens with zero attached hydrogens (tertiary/aromatic N) is 1. The Morgan fingerprint density at radius 1 is 0.926 bits per heavy atom. The van der Waals surface area contributed by atoms with Gasteiger partial charge >= 0.3 is 0 Å². The minimum absolute atomic E-state index is 0.0953. The van der Waals surface area contributed by atoms with Crippen molar-refractivity contribution in [2.45, 2.75) is 32.1 Å². The molecule has 0 aromatic heterocycles. The zero-order valence-electron chi connectivity index (χ0n) is 15.5. The minimum atomic E-state index is -0.327. The molecule has 0 unspecified atom stereocenters. The number of benzene rings is 2. The van der Waals surface area contributed by atoms with Crippen molar-refractivity contribution in [3.05, 3.63) is 88.9 Å². The van der Waals surface area contributed by atoms with Gasteiger partial charge in [0.2, 0.25) is 0 Å². The third-order valence-electron chi connectivity index (χ3n) is 5.49. The van der Waals surface area contributed by atoms with E-state index in [1.54, 1.807) is 6.08 Å². The highest BCUT2D eigenvalue weighted by atomic mass is 19.1. The van der Waals surface area contributed by atoms with Crippen molar-refractivity contribution < 1.29 is 9.18 Å². The number of carbonyl (C=O) groups is 1. The molecule has 1 fully saturated rings. The van der Waals surface area contributed by atoms with Crippen molar-refractivity contribution in [3.8, 4) is 0 Å². The van der Waals surface area contributed by atoms with Crippen LogP contribution >= 0.6 is 0 Å². The standard InChI is InChI=1S/C24H24FNO/c25-20-11-9-18(10-12-20)24(27)14-13-22-21-8-4-3-7-19(21)17-23(22)26-15-5-1-2-6-16-26/h3-4,7-14H,1-2,5-6,15-17H2/b14-13+. The summed E-state index contributed by atoms with van der Waals surface area (Å²) in [4.78, 5) is 15.0. The van der Waals surface area contributed by atoms with E-state index in [9.17, 15) is 9.18 Å². The summed E-state index contributed by atoms with van der Waals surface area (Å²) >= 11 is 0. The van der Waals surface area contributed by atoms with Gasteiger partial charge in [0.1, 0.15) is 5.82 Å². The average molecular weight is 361 g/mol. The van der Waals surface area contributed by atoms with Crippen LogP contribution in [0.2, 0.25) is 0 Å². The first-order chi connectivity index (χ1) is 13.2. The highest BCUT2D eigenvalue weighted by molar-refractivity contribution is 6.06. The van der Waals surface area contributed by atoms with Crippen LogP contribution in [0.5, 0.6) is 0 Å². The molecule has 2 nitrogen and oxygen atoms in total. The first kappa shape index (κ1) is 17.7. The first-order valence-corrected chi connectivity index (χ1v) is 9.77. The van der Waals surface area contributed by atoms with Gasteiger partial charge in [0, 0.05) is 36.3 Å². The van der Waals surface area contributed by atoms with E-state index < -0.39 is 0 Å². The summed E-state index contributed by atoms with van der Waals surface area (Å²) in [5.41, 5.74) is 5.55. The zero-order chi connectivity index (χ0) is 18.6. The van der Waals surface area contributed by atoms with E-state index in [4.69, 9.17) is 0 Å². The quantitative estimate of drug-likeness (QED) is 0.536. The minimum Gasteiger partial charge on any atom is -0.374 e. The number of allylic oxidation sites excluding steroid dienone is 4. The molecule has 1 aliphatic heterocycles. The summed E-state index contributed by atoms with van der Waals surface area (Å²) in [7, 11) is 0. The molecule has 4 rings (SSSR count). The largest absolute Gasteiger partial charge is 0.374 e. The predicted molar refractivity (Wildman–Crippen MR) is 107 cm³/mol. The van der Waals surface area contributed by atoms with Crippen LogP contribution in [0.4, 0.5) is 4.39 Å². The van der Waals surface area contributed by atoms with Crippen LogP contribution in [0, 0.1) is 5.82 Å². The smallest absolute Gasteiger partial charge is 0.185 e. The molecule has 138 valence electrons. The highest BCUT2D eigenvalue weighted by Crippen LogP contribution is 2.36. The predicted octanol–water partition coefficient (Wildman–Crippen LogP) is 5.41. The van der Waals surface area contributed by atoms with Crippen LogP contribution in [-0.4, -0.2) is 23.8 Å². The Balaban J connectivity index is 1.65. The Kier molecular flexibility index (Phi) is 5.19. The van der Waals surface area contributed by atoms with Crippen LogP contribution in [-0.2, 0) is 6.42 Å². The fourth-order valence-corrected chi connectivity index (χ4v) is 4.05. The van der Waals surface area contributed by atoms with E-state index in [1.165, 1.54) is 66.8 Å². The van der Waals surface area contributed by atoms with Crippen LogP contribution in [0.1, 0.15) is 47.2 Å². The lowest BCUT2D eigenvalue weighted by Gasteiger charge is -2.25. The van der Waals surface area contributed by atoms with E-state index in [0.29, 0.717) is 5.56 Å². The fraction of sp³-hybridized carbons (Fsp3) is 0.292. The Morgan fingerprint density at radius 3 is 2.37 bits per heavy atom. The lowest BCUT2D eigenvalue weighted by molar-refractivity contribution is 0.104. The Morgan fingerprint density at radius 2 is 1.63 bits per heavy atom. The molecule has 2 aliphatic rings. The Hall–Kier alpha value is -2.68. The number of carbonyl (C=O) groups excluding carboxylic acids is 1. The van der Waals surface area contributed by atoms with Gasteiger partial charge in [0.15, 0.2) is 5.78 Å². The molecule has 2 aromatic carbocycles. The summed E-state index contributed by atoms with van der Waals surface area (Å²) < 4.78 is 13.1. The van der Waals surface area contributed by atoms with Crippen molar-refractivity contribution in [1.29, 1.82) is 0 Å². The number of hydrogen-bond acceptors (Lipinski definition) is 2. The molecule has 0 saturated carbocycles. The topological polar surface area (TPSA) is 20.3 Å². The van der Waals surface area contributed by atoms with Gasteiger partial charge in [0.25, 0.3) is 0 Å². The third kappa shape index (κ3) is 3.87. The lowest BCUT2D eigenvalue weighted by Crippen LogP contribution is -2.24. The van der Waals surface area contributed by atoms with Crippen LogP contribution in [0.15, 0.2) is 66.4 Å². The fourth-order valence-electron chi connectivity index (χ4n) is 4.05. The molecule has 0 amide bonds. The van der Waals surface area contributed by atoms with Crippen molar-refractivity contribution in [2.24, 2.45) is 0 Å². The van der Waals surface area contributed by atoms with Gasteiger partial charge in [-0.1, -0.05) is 37.1 Å². The Bertz CT molecular complexity index is 887. The maximum Gasteiger partial charge on any atom is 0.185 e. The Labute approximate surface area is 160 Å². The number of hydrogen-bond donors (Lipinski definition) is 0. The van der Waals surface area contributed by atoms with Gasteiger partial charge in [-0.2, -0.15) is 0 Å². The molecule has 3 heteroatoms. The lowest BCUT2D eigenvalue weighted by atomic mass is 10.0. The molecule has 1 aliphatic carbocycles. The monoisotopic (exact) mass is 361 g/mol. The second-order valence-corrected chi connectivity index (χ2v) is 7.30. The van der Waals surface area contributed by atoms with Crippen LogP contribution < -0.4 is 0 Å². The molecular formula is C24H24FNO. The summed E-state index contributed by atoms with van der Waals surface area (Å²) in [5, 5.41) is 0. The van der Waals surface area contributed by atoms with Gasteiger partial charge in [-0.05, 0) is 60.4 Å². The van der Waals surface area contributed by atoms with Crippen LogP contribution in [0.3, 0.4) is 0 Å². The van der Waals surface area contributed by atoms with Gasteiger partial charge in [-0.3, -0.25) is 4.79 Å². The molecule has 1 heterocycles. The second-order valence-electron chi connectivity index (χ2n) is 7.30. The van der Waals surface area contributed by atoms with E-state index in [2.05, 4.69) is 29.2 Å². The first-order valence-electron chi connectivity index (χ1n) is 9.77. The molecule has 0 radical (unpaired) electrons. The van der Waals surface area contributed by atoms with Gasteiger partial charge in [-0.15, -0.1) is 0 Å². The molecular weight excluding hydrogens is 337 g/mol. The number of ketones is 1. The molecule has 0 atom stereocenters. The molecule has 2 aromatic rings. The number of halogens is 1. The summed E-state index contributed by atoms with van der Waals surface area (Å²) in [6, 6.07) is 14.2. The maximum atomic E-state index is 13.1. The molecule has 0 bridgehead atoms. The second kappa shape index (κ2) is 7.91. The van der Waals surface area contributed by atoms with E-state index >= 15 is 0 Å². The van der Waals surface area contributed by atoms with Gasteiger partial charge in [0.05, 0.1) is 0 Å². The van der Waals surface area contributed by atoms with Crippen molar-refractivity contribution >= 4 is 11.4 Å². The van der Waals surface area contributed by atoms with E-state index in [0.717, 1.165) is 25.1 Å². The summed E-state index contributed by atoms with van der Waals surface area (Å²) in [6.45, 7) is 2.18. The molecule has 0 N–H and O–H groups in total. The normalized spacial score (nSPS) is 17.3. The molecule has 0 spiro atoms. The average Bonchev–Trinajstić information content (AvgIpc) is 2.86. The number of likely N-dealkylation sites (tertiary alicyclic amines) is 1. The highest BCUT2D eigenvalue weighted by Gasteiger charge is 2.24.